The van der Waals surface area contributed by atoms with E-state index in [0.717, 1.165) is 23.1 Å². The molecule has 1 saturated heterocycles. The number of ether oxygens (including phenoxy) is 3. The number of hydrogen-bond acceptors (Lipinski definition) is 6. The van der Waals surface area contributed by atoms with Gasteiger partial charge in [0.1, 0.15) is 6.10 Å². The molecule has 3 fully saturated rings. The molecule has 2 saturated carbocycles. The number of hydrogen-bond donors (Lipinski definition) is 1. The standard InChI is InChI=1S/C32H40O6/c1-16-10-9-11-17(2)23(16)28(34)37-26-18(3)14-31-19(4)12-22-24(29(22,5)6)21(25(31)33)13-20-15-36-30(7,8)38-27(20)32(26,31)35/h9-11,13-14,19,21-22,24,26-27,35H,12,15H2,1-8H3. The zero-order valence-corrected chi connectivity index (χ0v) is 23.8. The molecule has 1 aromatic carbocycles. The monoisotopic (exact) mass is 520 g/mol. The number of fused-ring (bicyclic) bond motifs is 5. The summed E-state index contributed by atoms with van der Waals surface area (Å²) in [5.41, 5.74) is 0.560. The van der Waals surface area contributed by atoms with Gasteiger partial charge in [-0.2, -0.15) is 0 Å². The van der Waals surface area contributed by atoms with E-state index in [1.807, 2.05) is 65.0 Å². The van der Waals surface area contributed by atoms with Gasteiger partial charge < -0.3 is 19.3 Å². The predicted molar refractivity (Wildman–Crippen MR) is 142 cm³/mol. The molecule has 8 unspecified atom stereocenters. The maximum absolute atomic E-state index is 14.8. The topological polar surface area (TPSA) is 82.1 Å². The molecule has 204 valence electrons. The Morgan fingerprint density at radius 2 is 1.76 bits per heavy atom. The first-order valence-corrected chi connectivity index (χ1v) is 13.9. The van der Waals surface area contributed by atoms with Gasteiger partial charge in [0.2, 0.25) is 0 Å². The van der Waals surface area contributed by atoms with E-state index in [9.17, 15) is 14.7 Å². The highest BCUT2D eigenvalue weighted by atomic mass is 16.7. The molecule has 8 atom stereocenters. The fourth-order valence-electron chi connectivity index (χ4n) is 8.60. The molecule has 0 radical (unpaired) electrons. The van der Waals surface area contributed by atoms with Gasteiger partial charge in [-0.1, -0.05) is 51.1 Å². The van der Waals surface area contributed by atoms with Gasteiger partial charge >= 0.3 is 5.97 Å². The van der Waals surface area contributed by atoms with Gasteiger partial charge in [0.05, 0.1) is 17.6 Å². The Morgan fingerprint density at radius 3 is 2.42 bits per heavy atom. The highest BCUT2D eigenvalue weighted by molar-refractivity contribution is 5.96. The van der Waals surface area contributed by atoms with Crippen LogP contribution in [0.4, 0.5) is 0 Å². The van der Waals surface area contributed by atoms with Crippen LogP contribution in [0, 0.1) is 48.3 Å². The highest BCUT2D eigenvalue weighted by Gasteiger charge is 2.77. The third kappa shape index (κ3) is 3.17. The maximum atomic E-state index is 14.8. The molecule has 1 heterocycles. The molecule has 1 aliphatic heterocycles. The van der Waals surface area contributed by atoms with E-state index < -0.39 is 35.0 Å². The first-order valence-electron chi connectivity index (χ1n) is 13.9. The lowest BCUT2D eigenvalue weighted by Gasteiger charge is -2.52. The smallest absolute Gasteiger partial charge is 0.339 e. The van der Waals surface area contributed by atoms with Crippen molar-refractivity contribution in [1.29, 1.82) is 0 Å². The molecule has 38 heavy (non-hydrogen) atoms. The van der Waals surface area contributed by atoms with Crippen molar-refractivity contribution in [2.75, 3.05) is 6.61 Å². The number of carbonyl (C=O) groups is 2. The number of benzene rings is 1. The normalized spacial score (nSPS) is 42.0. The summed E-state index contributed by atoms with van der Waals surface area (Å²) < 4.78 is 18.8. The van der Waals surface area contributed by atoms with Gasteiger partial charge in [0, 0.05) is 5.92 Å². The molecule has 1 aromatic rings. The van der Waals surface area contributed by atoms with Gasteiger partial charge in [-0.05, 0) is 86.5 Å². The van der Waals surface area contributed by atoms with E-state index in [-0.39, 0.29) is 35.6 Å². The summed E-state index contributed by atoms with van der Waals surface area (Å²) in [5.74, 6) is -1.39. The summed E-state index contributed by atoms with van der Waals surface area (Å²) in [4.78, 5) is 28.5. The molecule has 0 amide bonds. The maximum Gasteiger partial charge on any atom is 0.339 e. The van der Waals surface area contributed by atoms with E-state index in [1.165, 1.54) is 0 Å². The van der Waals surface area contributed by atoms with Crippen LogP contribution < -0.4 is 0 Å². The summed E-state index contributed by atoms with van der Waals surface area (Å²) in [6.07, 6.45) is 2.88. The van der Waals surface area contributed by atoms with Crippen molar-refractivity contribution in [2.24, 2.45) is 34.5 Å². The average Bonchev–Trinajstić information content (AvgIpc) is 3.31. The number of aryl methyl sites for hydroxylation is 2. The third-order valence-corrected chi connectivity index (χ3v) is 10.6. The number of esters is 1. The largest absolute Gasteiger partial charge is 0.451 e. The van der Waals surface area contributed by atoms with Crippen molar-refractivity contribution < 1.29 is 28.9 Å². The van der Waals surface area contributed by atoms with Crippen LogP contribution >= 0.6 is 0 Å². The second kappa shape index (κ2) is 7.89. The second-order valence-electron chi connectivity index (χ2n) is 13.5. The molecule has 2 bridgehead atoms. The van der Waals surface area contributed by atoms with Crippen molar-refractivity contribution in [2.45, 2.75) is 85.4 Å². The predicted octanol–water partition coefficient (Wildman–Crippen LogP) is 5.10. The second-order valence-corrected chi connectivity index (χ2v) is 13.5. The zero-order chi connectivity index (χ0) is 27.6. The van der Waals surface area contributed by atoms with E-state index in [4.69, 9.17) is 14.2 Å². The average molecular weight is 521 g/mol. The quantitative estimate of drug-likeness (QED) is 0.432. The van der Waals surface area contributed by atoms with Gasteiger partial charge in [0.15, 0.2) is 23.3 Å². The summed E-state index contributed by atoms with van der Waals surface area (Å²) >= 11 is 0. The van der Waals surface area contributed by atoms with E-state index >= 15 is 0 Å². The van der Waals surface area contributed by atoms with Crippen LogP contribution in [0.15, 0.2) is 41.5 Å². The molecular weight excluding hydrogens is 480 g/mol. The zero-order valence-electron chi connectivity index (χ0n) is 23.8. The van der Waals surface area contributed by atoms with E-state index in [2.05, 4.69) is 20.8 Å². The molecule has 5 aliphatic rings. The molecule has 6 rings (SSSR count). The molecule has 6 heteroatoms. The van der Waals surface area contributed by atoms with Gasteiger partial charge in [-0.3, -0.25) is 4.79 Å². The van der Waals surface area contributed by atoms with Gasteiger partial charge in [-0.25, -0.2) is 4.79 Å². The first-order chi connectivity index (χ1) is 17.7. The number of carbonyl (C=O) groups excluding carboxylic acids is 2. The van der Waals surface area contributed by atoms with Crippen molar-refractivity contribution >= 4 is 11.8 Å². The lowest BCUT2D eigenvalue weighted by Crippen LogP contribution is -2.68. The fraction of sp³-hybridized carbons (Fsp3) is 0.625. The molecule has 1 N–H and O–H groups in total. The van der Waals surface area contributed by atoms with Crippen LogP contribution in [0.3, 0.4) is 0 Å². The minimum absolute atomic E-state index is 0.0128. The number of rotatable bonds is 2. The number of aliphatic hydroxyl groups is 1. The van der Waals surface area contributed by atoms with Gasteiger partial charge in [0.25, 0.3) is 0 Å². The summed E-state index contributed by atoms with van der Waals surface area (Å²) in [6, 6.07) is 5.66. The van der Waals surface area contributed by atoms with Crippen molar-refractivity contribution in [3.05, 3.63) is 58.2 Å². The highest BCUT2D eigenvalue weighted by Crippen LogP contribution is 2.72. The summed E-state index contributed by atoms with van der Waals surface area (Å²) in [5, 5.41) is 13.1. The Bertz CT molecular complexity index is 1280. The molecule has 0 aromatic heterocycles. The van der Waals surface area contributed by atoms with Crippen molar-refractivity contribution in [3.8, 4) is 0 Å². The van der Waals surface area contributed by atoms with Crippen LogP contribution in [0.5, 0.6) is 0 Å². The number of ketones is 1. The number of allylic oxidation sites excluding steroid dienone is 1. The third-order valence-electron chi connectivity index (χ3n) is 10.6. The minimum atomic E-state index is -1.80. The molecule has 1 spiro atoms. The first kappa shape index (κ1) is 26.0. The molecule has 6 nitrogen and oxygen atoms in total. The Kier molecular flexibility index (Phi) is 5.39. The van der Waals surface area contributed by atoms with E-state index in [1.54, 1.807) is 0 Å². The van der Waals surface area contributed by atoms with Crippen molar-refractivity contribution in [1.82, 2.24) is 0 Å². The van der Waals surface area contributed by atoms with E-state index in [0.29, 0.717) is 17.1 Å². The van der Waals surface area contributed by atoms with Crippen molar-refractivity contribution in [3.63, 3.8) is 0 Å². The van der Waals surface area contributed by atoms with Crippen LogP contribution in [0.1, 0.15) is 69.4 Å². The van der Waals surface area contributed by atoms with Crippen LogP contribution in [-0.4, -0.2) is 47.1 Å². The van der Waals surface area contributed by atoms with Crippen LogP contribution in [0.25, 0.3) is 0 Å². The number of Topliss-reactive ketones (excluding diaryl/α,β-unsaturated/α-hetero) is 1. The minimum Gasteiger partial charge on any atom is -0.451 e. The van der Waals surface area contributed by atoms with Crippen LogP contribution in [0.2, 0.25) is 0 Å². The summed E-state index contributed by atoms with van der Waals surface area (Å²) in [6.45, 7) is 16.1. The summed E-state index contributed by atoms with van der Waals surface area (Å²) in [7, 11) is 0. The molecule has 4 aliphatic carbocycles. The Labute approximate surface area is 225 Å². The Hall–Kier alpha value is -2.28. The van der Waals surface area contributed by atoms with Gasteiger partial charge in [-0.15, -0.1) is 0 Å². The lowest BCUT2D eigenvalue weighted by atomic mass is 9.59. The Morgan fingerprint density at radius 1 is 1.11 bits per heavy atom. The van der Waals surface area contributed by atoms with Crippen LogP contribution in [-0.2, 0) is 19.0 Å². The Balaban J connectivity index is 1.53. The fourth-order valence-corrected chi connectivity index (χ4v) is 8.60. The SMILES string of the molecule is CC1=CC23C(=O)C(C=C4COC(C)(C)OC4C2(O)C1OC(=O)c1c(C)cccc1C)C1C(CC3C)C1(C)C. The molecular formula is C32H40O6. The lowest BCUT2D eigenvalue weighted by molar-refractivity contribution is -0.302.